The van der Waals surface area contributed by atoms with Gasteiger partial charge in [-0.05, 0) is 62.2 Å². The molecule has 0 radical (unpaired) electrons. The number of anilines is 1. The Hall–Kier alpha value is -3.65. The van der Waals surface area contributed by atoms with Gasteiger partial charge in [0.15, 0.2) is 0 Å². The quantitative estimate of drug-likeness (QED) is 0.427. The van der Waals surface area contributed by atoms with Gasteiger partial charge in [-0.15, -0.1) is 0 Å². The van der Waals surface area contributed by atoms with Crippen molar-refractivity contribution in [3.8, 4) is 22.6 Å². The minimum Gasteiger partial charge on any atom is -0.439 e. The molecule has 1 unspecified atom stereocenters. The zero-order valence-electron chi connectivity index (χ0n) is 19.4. The molecule has 1 spiro atoms. The van der Waals surface area contributed by atoms with Gasteiger partial charge in [-0.2, -0.15) is 0 Å². The number of fused-ring (bicyclic) bond motifs is 1. The second-order valence-corrected chi connectivity index (χ2v) is 9.61. The molecule has 4 aromatic rings. The van der Waals surface area contributed by atoms with Gasteiger partial charge in [0, 0.05) is 41.6 Å². The van der Waals surface area contributed by atoms with E-state index in [-0.39, 0.29) is 6.09 Å². The number of ether oxygens (including phenoxy) is 1. The van der Waals surface area contributed by atoms with Gasteiger partial charge in [-0.25, -0.2) is 14.8 Å². The first-order valence-corrected chi connectivity index (χ1v) is 12.2. The summed E-state index contributed by atoms with van der Waals surface area (Å²) in [5, 5.41) is 0.670. The van der Waals surface area contributed by atoms with E-state index >= 15 is 0 Å². The number of carbonyl (C=O) groups excluding carboxylic acids is 1. The van der Waals surface area contributed by atoms with E-state index in [1.54, 1.807) is 4.90 Å². The van der Waals surface area contributed by atoms with Crippen molar-refractivity contribution in [2.45, 2.75) is 25.4 Å². The Morgan fingerprint density at radius 2 is 1.94 bits per heavy atom. The van der Waals surface area contributed by atoms with E-state index in [1.165, 1.54) is 0 Å². The topological polar surface area (TPSA) is 87.2 Å². The first-order valence-electron chi connectivity index (χ1n) is 11.8. The molecule has 0 aliphatic carbocycles. The molecule has 2 saturated heterocycles. The summed E-state index contributed by atoms with van der Waals surface area (Å²) < 4.78 is 5.80. The predicted molar refractivity (Wildman–Crippen MR) is 135 cm³/mol. The average molecular weight is 489 g/mol. The number of hydrogen-bond donors (Lipinski definition) is 1. The van der Waals surface area contributed by atoms with Crippen molar-refractivity contribution >= 4 is 34.5 Å². The molecule has 2 aliphatic heterocycles. The minimum absolute atomic E-state index is 0.210. The highest BCUT2D eigenvalue weighted by Crippen LogP contribution is 2.34. The van der Waals surface area contributed by atoms with Crippen LogP contribution in [0.1, 0.15) is 19.8 Å². The van der Waals surface area contributed by atoms with Crippen LogP contribution in [0.4, 0.5) is 10.6 Å². The normalized spacial score (nSPS) is 20.1. The van der Waals surface area contributed by atoms with Crippen molar-refractivity contribution in [2.75, 3.05) is 31.1 Å². The van der Waals surface area contributed by atoms with Crippen LogP contribution in [0.15, 0.2) is 54.9 Å². The first kappa shape index (κ1) is 21.9. The maximum Gasteiger partial charge on any atom is 0.410 e. The molecule has 2 fully saturated rings. The Kier molecular flexibility index (Phi) is 5.33. The number of halogens is 1. The molecule has 178 valence electrons. The molecular formula is C26H25ClN6O2. The van der Waals surface area contributed by atoms with E-state index < -0.39 is 5.60 Å². The van der Waals surface area contributed by atoms with E-state index in [1.807, 2.05) is 61.8 Å². The number of pyridine rings is 2. The van der Waals surface area contributed by atoms with E-state index in [0.29, 0.717) is 24.7 Å². The molecule has 0 saturated carbocycles. The van der Waals surface area contributed by atoms with E-state index in [0.717, 1.165) is 58.9 Å². The van der Waals surface area contributed by atoms with Crippen LogP contribution in [0.5, 0.6) is 0 Å². The number of aromatic amines is 1. The van der Waals surface area contributed by atoms with Crippen molar-refractivity contribution in [1.29, 1.82) is 0 Å². The van der Waals surface area contributed by atoms with Crippen molar-refractivity contribution < 1.29 is 9.53 Å². The third-order valence-electron chi connectivity index (χ3n) is 6.81. The summed E-state index contributed by atoms with van der Waals surface area (Å²) in [5.41, 5.74) is 3.99. The molecule has 3 aromatic heterocycles. The summed E-state index contributed by atoms with van der Waals surface area (Å²) in [6.07, 6.45) is 5.30. The van der Waals surface area contributed by atoms with Gasteiger partial charge < -0.3 is 19.5 Å². The number of rotatable bonds is 4. The van der Waals surface area contributed by atoms with Crippen LogP contribution in [-0.4, -0.2) is 62.7 Å². The number of carbonyl (C=O) groups is 1. The summed E-state index contributed by atoms with van der Waals surface area (Å²) >= 11 is 6.08. The summed E-state index contributed by atoms with van der Waals surface area (Å²) in [5.74, 6) is 1.64. The minimum atomic E-state index is -0.439. The summed E-state index contributed by atoms with van der Waals surface area (Å²) in [6.45, 7) is 4.86. The molecule has 0 bridgehead atoms. The highest BCUT2D eigenvalue weighted by molar-refractivity contribution is 6.31. The largest absolute Gasteiger partial charge is 0.439 e. The smallest absolute Gasteiger partial charge is 0.410 e. The zero-order chi connectivity index (χ0) is 24.0. The first-order chi connectivity index (χ1) is 17.0. The third-order valence-corrected chi connectivity index (χ3v) is 7.05. The van der Waals surface area contributed by atoms with E-state index in [2.05, 4.69) is 19.9 Å². The van der Waals surface area contributed by atoms with Crippen molar-refractivity contribution in [1.82, 2.24) is 24.8 Å². The predicted octanol–water partition coefficient (Wildman–Crippen LogP) is 5.15. The van der Waals surface area contributed by atoms with Crippen LogP contribution in [0.3, 0.4) is 0 Å². The molecule has 8 nitrogen and oxygen atoms in total. The molecule has 1 N–H and O–H groups in total. The Labute approximate surface area is 207 Å². The van der Waals surface area contributed by atoms with Gasteiger partial charge in [0.1, 0.15) is 17.2 Å². The van der Waals surface area contributed by atoms with Crippen molar-refractivity contribution in [2.24, 2.45) is 0 Å². The Bertz CT molecular complexity index is 1390. The fourth-order valence-corrected chi connectivity index (χ4v) is 5.16. The number of imidazole rings is 1. The molecule has 9 heteroatoms. The monoisotopic (exact) mass is 488 g/mol. The Morgan fingerprint density at radius 3 is 2.69 bits per heavy atom. The van der Waals surface area contributed by atoms with Gasteiger partial charge in [0.25, 0.3) is 0 Å². The van der Waals surface area contributed by atoms with Crippen molar-refractivity contribution in [3.05, 3.63) is 59.9 Å². The number of nitrogens with one attached hydrogen (secondary N) is 1. The second-order valence-electron chi connectivity index (χ2n) is 9.17. The van der Waals surface area contributed by atoms with Crippen LogP contribution in [-0.2, 0) is 4.74 Å². The average Bonchev–Trinajstić information content (AvgIpc) is 3.44. The van der Waals surface area contributed by atoms with Crippen LogP contribution in [0, 0.1) is 0 Å². The number of piperidine rings is 1. The highest BCUT2D eigenvalue weighted by Gasteiger charge is 2.47. The number of amides is 1. The zero-order valence-corrected chi connectivity index (χ0v) is 20.1. The molecule has 5 heterocycles. The van der Waals surface area contributed by atoms with Gasteiger partial charge in [0.05, 0.1) is 29.8 Å². The van der Waals surface area contributed by atoms with Crippen LogP contribution >= 0.6 is 11.6 Å². The number of H-pyrrole nitrogens is 1. The number of likely N-dealkylation sites (N-methyl/N-ethyl adjacent to an activating group) is 1. The van der Waals surface area contributed by atoms with Crippen LogP contribution < -0.4 is 4.90 Å². The van der Waals surface area contributed by atoms with Gasteiger partial charge in [0.2, 0.25) is 0 Å². The highest BCUT2D eigenvalue weighted by atomic mass is 35.5. The Balaban J connectivity index is 1.18. The Morgan fingerprint density at radius 1 is 1.09 bits per heavy atom. The molecule has 6 rings (SSSR count). The maximum absolute atomic E-state index is 12.1. The number of nitrogens with zero attached hydrogens (tertiary/aromatic N) is 5. The number of aromatic nitrogens is 4. The fraction of sp³-hybridized carbons (Fsp3) is 0.308. The summed E-state index contributed by atoms with van der Waals surface area (Å²) in [7, 11) is 0. The maximum atomic E-state index is 12.1. The second kappa shape index (κ2) is 8.53. The fourth-order valence-electron chi connectivity index (χ4n) is 4.99. The van der Waals surface area contributed by atoms with Crippen LogP contribution in [0.25, 0.3) is 33.7 Å². The number of hydrogen-bond acceptors (Lipinski definition) is 6. The SMILES string of the molecule is CCN1CC2(CCCN(c3ccc(-c4ccc(-c5nc6ccc(Cl)cc6[nH]5)cn4)cn3)C2)OC1=O. The molecular weight excluding hydrogens is 464 g/mol. The molecule has 35 heavy (non-hydrogen) atoms. The van der Waals surface area contributed by atoms with Crippen LogP contribution in [0.2, 0.25) is 5.02 Å². The molecule has 1 atom stereocenters. The summed E-state index contributed by atoms with van der Waals surface area (Å²) in [6, 6.07) is 13.6. The lowest BCUT2D eigenvalue weighted by Crippen LogP contribution is -2.51. The lowest BCUT2D eigenvalue weighted by Gasteiger charge is -2.39. The summed E-state index contributed by atoms with van der Waals surface area (Å²) in [4.78, 5) is 33.4. The standard InChI is InChI=1S/C26H25ClN6O2/c1-2-32-15-26(35-25(32)34)10-3-11-33(16-26)23-9-5-17(13-29-23)20-7-4-18(14-28-20)24-30-21-8-6-19(27)12-22(21)31-24/h4-9,12-14H,2-3,10-11,15-16H2,1H3,(H,30,31). The van der Waals surface area contributed by atoms with E-state index in [4.69, 9.17) is 21.3 Å². The molecule has 1 amide bonds. The van der Waals surface area contributed by atoms with Crippen molar-refractivity contribution in [3.63, 3.8) is 0 Å². The third kappa shape index (κ3) is 4.08. The lowest BCUT2D eigenvalue weighted by molar-refractivity contribution is 0.0445. The molecule has 1 aromatic carbocycles. The van der Waals surface area contributed by atoms with Gasteiger partial charge in [-0.3, -0.25) is 4.98 Å². The van der Waals surface area contributed by atoms with Gasteiger partial charge >= 0.3 is 6.09 Å². The number of benzene rings is 1. The lowest BCUT2D eigenvalue weighted by atomic mass is 9.92. The molecule has 2 aliphatic rings. The van der Waals surface area contributed by atoms with Gasteiger partial charge in [-0.1, -0.05) is 11.6 Å². The van der Waals surface area contributed by atoms with E-state index in [9.17, 15) is 4.79 Å².